The molecule has 6 nitrogen and oxygen atoms in total. The van der Waals surface area contributed by atoms with E-state index in [1.54, 1.807) is 20.8 Å². The molecule has 0 atom stereocenters. The van der Waals surface area contributed by atoms with Gasteiger partial charge in [-0.15, -0.1) is 0 Å². The topological polar surface area (TPSA) is 60.9 Å². The molecular formula is C20H24FN3O3. The first kappa shape index (κ1) is 19.1. The van der Waals surface area contributed by atoms with Gasteiger partial charge in [0.25, 0.3) is 5.91 Å². The molecule has 0 aromatic heterocycles. The highest BCUT2D eigenvalue weighted by atomic mass is 19.1. The van der Waals surface area contributed by atoms with Gasteiger partial charge in [-0.05, 0) is 37.1 Å². The first-order valence-corrected chi connectivity index (χ1v) is 9.24. The first-order valence-electron chi connectivity index (χ1n) is 9.24. The molecule has 27 heavy (non-hydrogen) atoms. The lowest BCUT2D eigenvalue weighted by atomic mass is 9.95. The lowest BCUT2D eigenvalue weighted by molar-refractivity contribution is -0.140. The van der Waals surface area contributed by atoms with Gasteiger partial charge in [-0.3, -0.25) is 14.4 Å². The summed E-state index contributed by atoms with van der Waals surface area (Å²) in [5.74, 6) is -0.720. The van der Waals surface area contributed by atoms with E-state index in [9.17, 15) is 18.8 Å². The van der Waals surface area contributed by atoms with Gasteiger partial charge in [0.15, 0.2) is 0 Å². The molecule has 0 spiro atoms. The minimum absolute atomic E-state index is 0.0793. The number of piperazine rings is 1. The Morgan fingerprint density at radius 2 is 1.59 bits per heavy atom. The molecule has 0 saturated carbocycles. The van der Waals surface area contributed by atoms with E-state index in [0.717, 1.165) is 0 Å². The standard InChI is InChI=1S/C20H24FN3O3/c1-2-18(25)22-8-6-15(7-9-22)19(26)23-10-12-24(13-11-23)20(27)16-4-3-5-17(21)14-16/h2-5,14-15H,1,6-13H2. The van der Waals surface area contributed by atoms with E-state index in [0.29, 0.717) is 57.7 Å². The summed E-state index contributed by atoms with van der Waals surface area (Å²) in [4.78, 5) is 42.0. The van der Waals surface area contributed by atoms with Gasteiger partial charge < -0.3 is 14.7 Å². The van der Waals surface area contributed by atoms with E-state index in [1.807, 2.05) is 0 Å². The van der Waals surface area contributed by atoms with E-state index in [2.05, 4.69) is 6.58 Å². The number of likely N-dealkylation sites (tertiary alicyclic amines) is 1. The Balaban J connectivity index is 1.50. The number of carbonyl (C=O) groups excluding carboxylic acids is 3. The second-order valence-corrected chi connectivity index (χ2v) is 6.93. The Kier molecular flexibility index (Phi) is 5.88. The Bertz CT molecular complexity index is 736. The van der Waals surface area contributed by atoms with Crippen molar-refractivity contribution in [3.8, 4) is 0 Å². The van der Waals surface area contributed by atoms with Gasteiger partial charge in [0.05, 0.1) is 0 Å². The summed E-state index contributed by atoms with van der Waals surface area (Å²) in [7, 11) is 0. The molecule has 0 radical (unpaired) electrons. The molecule has 3 rings (SSSR count). The van der Waals surface area contributed by atoms with Crippen molar-refractivity contribution >= 4 is 17.7 Å². The SMILES string of the molecule is C=CC(=O)N1CCC(C(=O)N2CCN(C(=O)c3cccc(F)c3)CC2)CC1. The lowest BCUT2D eigenvalue weighted by Gasteiger charge is -2.38. The molecule has 2 aliphatic heterocycles. The zero-order valence-corrected chi connectivity index (χ0v) is 15.3. The zero-order chi connectivity index (χ0) is 19.4. The maximum absolute atomic E-state index is 13.3. The monoisotopic (exact) mass is 373 g/mol. The Morgan fingerprint density at radius 1 is 0.963 bits per heavy atom. The van der Waals surface area contributed by atoms with Crippen molar-refractivity contribution in [3.05, 3.63) is 48.3 Å². The summed E-state index contributed by atoms with van der Waals surface area (Å²) >= 11 is 0. The number of piperidine rings is 1. The van der Waals surface area contributed by atoms with Gasteiger partial charge >= 0.3 is 0 Å². The van der Waals surface area contributed by atoms with E-state index >= 15 is 0 Å². The van der Waals surface area contributed by atoms with Crippen molar-refractivity contribution in [3.63, 3.8) is 0 Å². The number of carbonyl (C=O) groups is 3. The predicted octanol–water partition coefficient (Wildman–Crippen LogP) is 1.53. The molecule has 0 unspecified atom stereocenters. The van der Waals surface area contributed by atoms with E-state index in [4.69, 9.17) is 0 Å². The van der Waals surface area contributed by atoms with Crippen molar-refractivity contribution in [2.75, 3.05) is 39.3 Å². The van der Waals surface area contributed by atoms with Crippen LogP contribution in [0.1, 0.15) is 23.2 Å². The van der Waals surface area contributed by atoms with Crippen LogP contribution in [0, 0.1) is 11.7 Å². The second kappa shape index (κ2) is 8.33. The fourth-order valence-corrected chi connectivity index (χ4v) is 3.67. The minimum Gasteiger partial charge on any atom is -0.339 e. The van der Waals surface area contributed by atoms with Gasteiger partial charge in [-0.2, -0.15) is 0 Å². The fraction of sp³-hybridized carbons (Fsp3) is 0.450. The quantitative estimate of drug-likeness (QED) is 0.755. The average molecular weight is 373 g/mol. The van der Waals surface area contributed by atoms with Crippen molar-refractivity contribution in [2.24, 2.45) is 5.92 Å². The number of hydrogen-bond donors (Lipinski definition) is 0. The third-order valence-corrected chi connectivity index (χ3v) is 5.28. The Hall–Kier alpha value is -2.70. The summed E-state index contributed by atoms with van der Waals surface area (Å²) in [6.07, 6.45) is 2.61. The molecule has 144 valence electrons. The van der Waals surface area contributed by atoms with Crippen molar-refractivity contribution in [1.29, 1.82) is 0 Å². The fourth-order valence-electron chi connectivity index (χ4n) is 3.67. The third kappa shape index (κ3) is 4.35. The van der Waals surface area contributed by atoms with Gasteiger partial charge in [0, 0.05) is 50.7 Å². The maximum atomic E-state index is 13.3. The largest absolute Gasteiger partial charge is 0.339 e. The van der Waals surface area contributed by atoms with Crippen LogP contribution in [0.15, 0.2) is 36.9 Å². The van der Waals surface area contributed by atoms with Crippen LogP contribution in [0.25, 0.3) is 0 Å². The van der Waals surface area contributed by atoms with Crippen molar-refractivity contribution < 1.29 is 18.8 Å². The van der Waals surface area contributed by atoms with Crippen LogP contribution in [-0.4, -0.2) is 71.7 Å². The Labute approximate surface area is 158 Å². The number of halogens is 1. The predicted molar refractivity (Wildman–Crippen MR) is 98.4 cm³/mol. The molecule has 2 saturated heterocycles. The second-order valence-electron chi connectivity index (χ2n) is 6.93. The highest BCUT2D eigenvalue weighted by molar-refractivity contribution is 5.94. The average Bonchev–Trinajstić information content (AvgIpc) is 2.72. The first-order chi connectivity index (χ1) is 13.0. The van der Waals surface area contributed by atoms with Crippen LogP contribution in [0.3, 0.4) is 0 Å². The highest BCUT2D eigenvalue weighted by Gasteiger charge is 2.32. The molecule has 0 N–H and O–H groups in total. The minimum atomic E-state index is -0.434. The number of hydrogen-bond acceptors (Lipinski definition) is 3. The lowest BCUT2D eigenvalue weighted by Crippen LogP contribution is -2.53. The third-order valence-electron chi connectivity index (χ3n) is 5.28. The van der Waals surface area contributed by atoms with E-state index in [-0.39, 0.29) is 23.6 Å². The summed E-state index contributed by atoms with van der Waals surface area (Å²) in [5.41, 5.74) is 0.328. The summed E-state index contributed by atoms with van der Waals surface area (Å²) in [6.45, 7) is 6.46. The normalized spacial score (nSPS) is 18.3. The van der Waals surface area contributed by atoms with Crippen molar-refractivity contribution in [2.45, 2.75) is 12.8 Å². The molecule has 1 aromatic rings. The van der Waals surface area contributed by atoms with Crippen LogP contribution >= 0.6 is 0 Å². The molecule has 0 bridgehead atoms. The Morgan fingerprint density at radius 3 is 2.19 bits per heavy atom. The maximum Gasteiger partial charge on any atom is 0.254 e. The van der Waals surface area contributed by atoms with Crippen LogP contribution < -0.4 is 0 Å². The van der Waals surface area contributed by atoms with Gasteiger partial charge in [0.2, 0.25) is 11.8 Å². The molecule has 1 aromatic carbocycles. The summed E-state index contributed by atoms with van der Waals surface area (Å²) in [6, 6.07) is 5.66. The highest BCUT2D eigenvalue weighted by Crippen LogP contribution is 2.21. The van der Waals surface area contributed by atoms with Crippen LogP contribution in [0.4, 0.5) is 4.39 Å². The van der Waals surface area contributed by atoms with Gasteiger partial charge in [-0.25, -0.2) is 4.39 Å². The molecule has 2 aliphatic rings. The van der Waals surface area contributed by atoms with Crippen LogP contribution in [0.5, 0.6) is 0 Å². The molecule has 3 amide bonds. The van der Waals surface area contributed by atoms with Crippen molar-refractivity contribution in [1.82, 2.24) is 14.7 Å². The van der Waals surface area contributed by atoms with Gasteiger partial charge in [-0.1, -0.05) is 12.6 Å². The van der Waals surface area contributed by atoms with Crippen LogP contribution in [-0.2, 0) is 9.59 Å². The number of benzene rings is 1. The summed E-state index contributed by atoms with van der Waals surface area (Å²) in [5, 5.41) is 0. The number of rotatable bonds is 3. The molecular weight excluding hydrogens is 349 g/mol. The smallest absolute Gasteiger partial charge is 0.254 e. The van der Waals surface area contributed by atoms with E-state index < -0.39 is 5.82 Å². The van der Waals surface area contributed by atoms with E-state index in [1.165, 1.54) is 24.3 Å². The molecule has 7 heteroatoms. The molecule has 0 aliphatic carbocycles. The molecule has 2 heterocycles. The number of nitrogens with zero attached hydrogens (tertiary/aromatic N) is 3. The summed E-state index contributed by atoms with van der Waals surface area (Å²) < 4.78 is 13.3. The molecule has 2 fully saturated rings. The van der Waals surface area contributed by atoms with Crippen LogP contribution in [0.2, 0.25) is 0 Å². The zero-order valence-electron chi connectivity index (χ0n) is 15.3. The van der Waals surface area contributed by atoms with Gasteiger partial charge in [0.1, 0.15) is 5.82 Å². The number of amides is 3.